The maximum Gasteiger partial charge on any atom is 0.164 e. The Morgan fingerprint density at radius 2 is 2.13 bits per heavy atom. The first kappa shape index (κ1) is 15.5. The third-order valence-electron chi connectivity index (χ3n) is 3.64. The number of aryl methyl sites for hydroxylation is 1. The van der Waals surface area contributed by atoms with Crippen LogP contribution in [0.3, 0.4) is 0 Å². The van der Waals surface area contributed by atoms with Gasteiger partial charge in [0.15, 0.2) is 5.78 Å². The minimum Gasteiger partial charge on any atom is -0.508 e. The third-order valence-corrected chi connectivity index (χ3v) is 4.62. The summed E-state index contributed by atoms with van der Waals surface area (Å²) in [7, 11) is 0. The number of pyridine rings is 1. The summed E-state index contributed by atoms with van der Waals surface area (Å²) >= 11 is 1.57. The molecule has 2 aromatic heterocycles. The number of anilines is 2. The van der Waals surface area contributed by atoms with Gasteiger partial charge in [-0.15, -0.1) is 11.3 Å². The van der Waals surface area contributed by atoms with E-state index in [4.69, 9.17) is 0 Å². The topological polar surface area (TPSA) is 62.2 Å². The molecule has 0 spiro atoms. The SMILES string of the molecule is CCCC(=O)c1cnc2cc(Nc3ccc(O)cc3C)sc2c1. The lowest BCUT2D eigenvalue weighted by Crippen LogP contribution is -1.98. The molecule has 0 aliphatic heterocycles. The fourth-order valence-electron chi connectivity index (χ4n) is 2.42. The molecule has 0 radical (unpaired) electrons. The Balaban J connectivity index is 1.89. The molecule has 5 heteroatoms. The Morgan fingerprint density at radius 3 is 2.87 bits per heavy atom. The summed E-state index contributed by atoms with van der Waals surface area (Å²) in [5.74, 6) is 0.393. The average Bonchev–Trinajstić information content (AvgIpc) is 2.91. The summed E-state index contributed by atoms with van der Waals surface area (Å²) in [6.07, 6.45) is 3.05. The summed E-state index contributed by atoms with van der Waals surface area (Å²) in [5, 5.41) is 13.8. The van der Waals surface area contributed by atoms with Crippen LogP contribution in [0.25, 0.3) is 10.2 Å². The van der Waals surface area contributed by atoms with Crippen molar-refractivity contribution in [2.75, 3.05) is 5.32 Å². The second kappa shape index (κ2) is 6.38. The highest BCUT2D eigenvalue weighted by atomic mass is 32.1. The highest BCUT2D eigenvalue weighted by molar-refractivity contribution is 7.22. The van der Waals surface area contributed by atoms with Crippen molar-refractivity contribution in [2.24, 2.45) is 0 Å². The highest BCUT2D eigenvalue weighted by Gasteiger charge is 2.10. The van der Waals surface area contributed by atoms with E-state index in [2.05, 4.69) is 10.3 Å². The van der Waals surface area contributed by atoms with Gasteiger partial charge in [-0.25, -0.2) is 0 Å². The van der Waals surface area contributed by atoms with E-state index < -0.39 is 0 Å². The molecule has 0 fully saturated rings. The number of hydrogen-bond donors (Lipinski definition) is 2. The molecule has 3 rings (SSSR count). The van der Waals surface area contributed by atoms with Crippen LogP contribution >= 0.6 is 11.3 Å². The molecule has 3 aromatic rings. The number of benzene rings is 1. The number of hydrogen-bond acceptors (Lipinski definition) is 5. The minimum atomic E-state index is 0.138. The molecule has 0 bridgehead atoms. The van der Waals surface area contributed by atoms with Crippen molar-refractivity contribution in [1.29, 1.82) is 0 Å². The lowest BCUT2D eigenvalue weighted by Gasteiger charge is -2.07. The lowest BCUT2D eigenvalue weighted by atomic mass is 10.1. The summed E-state index contributed by atoms with van der Waals surface area (Å²) in [6, 6.07) is 9.11. The molecule has 0 amide bonds. The maximum atomic E-state index is 12.0. The van der Waals surface area contributed by atoms with Gasteiger partial charge in [-0.1, -0.05) is 6.92 Å². The van der Waals surface area contributed by atoms with Crippen LogP contribution in [0.1, 0.15) is 35.7 Å². The smallest absolute Gasteiger partial charge is 0.164 e. The average molecular weight is 326 g/mol. The predicted molar refractivity (Wildman–Crippen MR) is 95.0 cm³/mol. The first-order valence-electron chi connectivity index (χ1n) is 7.56. The van der Waals surface area contributed by atoms with E-state index in [1.54, 1.807) is 29.7 Å². The van der Waals surface area contributed by atoms with Crippen LogP contribution in [0.15, 0.2) is 36.5 Å². The van der Waals surface area contributed by atoms with Crippen LogP contribution in [0.4, 0.5) is 10.7 Å². The van der Waals surface area contributed by atoms with E-state index in [0.717, 1.165) is 32.9 Å². The second-order valence-corrected chi connectivity index (χ2v) is 6.60. The molecular weight excluding hydrogens is 308 g/mol. The van der Waals surface area contributed by atoms with Gasteiger partial charge in [0.25, 0.3) is 0 Å². The van der Waals surface area contributed by atoms with Crippen molar-refractivity contribution in [3.8, 4) is 5.75 Å². The quantitative estimate of drug-likeness (QED) is 0.509. The molecule has 0 atom stereocenters. The van der Waals surface area contributed by atoms with Gasteiger partial charge in [-0.3, -0.25) is 9.78 Å². The number of phenols is 1. The van der Waals surface area contributed by atoms with Gasteiger partial charge >= 0.3 is 0 Å². The number of phenolic OH excluding ortho intramolecular Hbond substituents is 1. The molecule has 2 N–H and O–H groups in total. The summed E-state index contributed by atoms with van der Waals surface area (Å²) in [6.45, 7) is 3.94. The van der Waals surface area contributed by atoms with E-state index in [0.29, 0.717) is 12.0 Å². The molecule has 0 saturated carbocycles. The summed E-state index contributed by atoms with van der Waals surface area (Å²) in [4.78, 5) is 16.4. The first-order valence-corrected chi connectivity index (χ1v) is 8.38. The number of nitrogens with one attached hydrogen (secondary N) is 1. The predicted octanol–water partition coefficient (Wildman–Crippen LogP) is 5.04. The Kier molecular flexibility index (Phi) is 4.30. The number of carbonyl (C=O) groups is 1. The van der Waals surface area contributed by atoms with Crippen molar-refractivity contribution in [3.05, 3.63) is 47.7 Å². The van der Waals surface area contributed by atoms with Crippen LogP contribution in [-0.2, 0) is 0 Å². The van der Waals surface area contributed by atoms with Gasteiger partial charge in [0.05, 0.1) is 15.2 Å². The van der Waals surface area contributed by atoms with Gasteiger partial charge in [0.1, 0.15) is 5.75 Å². The molecule has 0 saturated heterocycles. The Labute approximate surface area is 138 Å². The van der Waals surface area contributed by atoms with E-state index in [-0.39, 0.29) is 11.5 Å². The zero-order valence-corrected chi connectivity index (χ0v) is 13.9. The van der Waals surface area contributed by atoms with Crippen molar-refractivity contribution < 1.29 is 9.90 Å². The zero-order chi connectivity index (χ0) is 16.4. The number of rotatable bonds is 5. The lowest BCUT2D eigenvalue weighted by molar-refractivity contribution is 0.0981. The van der Waals surface area contributed by atoms with Crippen molar-refractivity contribution >= 4 is 38.0 Å². The van der Waals surface area contributed by atoms with Crippen LogP contribution < -0.4 is 5.32 Å². The molecule has 2 heterocycles. The standard InChI is InChI=1S/C18H18N2O2S/c1-3-4-16(22)12-8-17-15(19-10-12)9-18(23-17)20-14-6-5-13(21)7-11(14)2/h5-10,20-21H,3-4H2,1-2H3. The zero-order valence-electron chi connectivity index (χ0n) is 13.1. The first-order chi connectivity index (χ1) is 11.1. The van der Waals surface area contributed by atoms with Gasteiger partial charge in [0, 0.05) is 23.9 Å². The van der Waals surface area contributed by atoms with Gasteiger partial charge in [-0.2, -0.15) is 0 Å². The monoisotopic (exact) mass is 326 g/mol. The number of nitrogens with zero attached hydrogens (tertiary/aromatic N) is 1. The number of carbonyl (C=O) groups excluding carboxylic acids is 1. The number of fused-ring (bicyclic) bond motifs is 1. The molecule has 0 aliphatic rings. The van der Waals surface area contributed by atoms with Crippen molar-refractivity contribution in [2.45, 2.75) is 26.7 Å². The number of Topliss-reactive ketones (excluding diaryl/α,β-unsaturated/α-hetero) is 1. The molecule has 4 nitrogen and oxygen atoms in total. The Morgan fingerprint density at radius 1 is 1.30 bits per heavy atom. The molecule has 0 aliphatic carbocycles. The summed E-state index contributed by atoms with van der Waals surface area (Å²) in [5.41, 5.74) is 3.46. The molecule has 1 aromatic carbocycles. The van der Waals surface area contributed by atoms with E-state index in [9.17, 15) is 9.90 Å². The number of aromatic nitrogens is 1. The van der Waals surface area contributed by atoms with E-state index in [1.807, 2.05) is 32.0 Å². The Hall–Kier alpha value is -2.40. The van der Waals surface area contributed by atoms with Gasteiger partial charge in [-0.05, 0) is 49.2 Å². The van der Waals surface area contributed by atoms with Crippen LogP contribution in [-0.4, -0.2) is 15.9 Å². The van der Waals surface area contributed by atoms with E-state index >= 15 is 0 Å². The molecule has 118 valence electrons. The largest absolute Gasteiger partial charge is 0.508 e. The Bertz CT molecular complexity index is 871. The van der Waals surface area contributed by atoms with Gasteiger partial charge in [0.2, 0.25) is 0 Å². The number of thiophene rings is 1. The van der Waals surface area contributed by atoms with Crippen LogP contribution in [0, 0.1) is 6.92 Å². The summed E-state index contributed by atoms with van der Waals surface area (Å²) < 4.78 is 0.992. The fourth-order valence-corrected chi connectivity index (χ4v) is 3.39. The normalized spacial score (nSPS) is 10.9. The number of ketones is 1. The molecule has 23 heavy (non-hydrogen) atoms. The maximum absolute atomic E-state index is 12.0. The molecular formula is C18H18N2O2S. The van der Waals surface area contributed by atoms with Crippen molar-refractivity contribution in [3.63, 3.8) is 0 Å². The fraction of sp³-hybridized carbons (Fsp3) is 0.222. The van der Waals surface area contributed by atoms with Crippen LogP contribution in [0.2, 0.25) is 0 Å². The molecule has 0 unspecified atom stereocenters. The van der Waals surface area contributed by atoms with Gasteiger partial charge < -0.3 is 10.4 Å². The third kappa shape index (κ3) is 3.35. The highest BCUT2D eigenvalue weighted by Crippen LogP contribution is 2.33. The second-order valence-electron chi connectivity index (χ2n) is 5.52. The van der Waals surface area contributed by atoms with Crippen LogP contribution in [0.5, 0.6) is 5.75 Å². The van der Waals surface area contributed by atoms with Crippen molar-refractivity contribution in [1.82, 2.24) is 4.98 Å². The number of aromatic hydroxyl groups is 1. The minimum absolute atomic E-state index is 0.138. The van der Waals surface area contributed by atoms with E-state index in [1.165, 1.54) is 0 Å².